The molecule has 2 atom stereocenters. The van der Waals surface area contributed by atoms with Crippen LogP contribution >= 0.6 is 0 Å². The zero-order valence-electron chi connectivity index (χ0n) is 8.91. The molecule has 1 aromatic carbocycles. The van der Waals surface area contributed by atoms with Crippen LogP contribution in [0.1, 0.15) is 16.8 Å². The number of benzene rings is 1. The molecule has 0 aliphatic carbocycles. The third-order valence-corrected chi connectivity index (χ3v) is 3.01. The topological polar surface area (TPSA) is 60.8 Å². The number of likely N-dealkylation sites (tertiary alicyclic amines) is 1. The Morgan fingerprint density at radius 2 is 1.75 bits per heavy atom. The molecule has 86 valence electrons. The summed E-state index contributed by atoms with van der Waals surface area (Å²) in [7, 11) is 0. The van der Waals surface area contributed by atoms with Crippen molar-refractivity contribution in [2.45, 2.75) is 18.5 Å². The van der Waals surface area contributed by atoms with Gasteiger partial charge >= 0.3 is 0 Å². The van der Waals surface area contributed by atoms with Crippen LogP contribution in [0.25, 0.3) is 0 Å². The van der Waals surface area contributed by atoms with Crippen LogP contribution in [0.4, 0.5) is 0 Å². The maximum absolute atomic E-state index is 12.1. The SMILES string of the molecule is O=C(c1ccccc1)N1[C@H](CO)C[C@H]1CO. The molecule has 0 saturated carbocycles. The third kappa shape index (κ3) is 1.81. The van der Waals surface area contributed by atoms with E-state index in [4.69, 9.17) is 10.2 Å². The van der Waals surface area contributed by atoms with E-state index in [-0.39, 0.29) is 31.2 Å². The molecule has 1 saturated heterocycles. The molecule has 2 N–H and O–H groups in total. The summed E-state index contributed by atoms with van der Waals surface area (Å²) in [6.45, 7) is -0.0931. The summed E-state index contributed by atoms with van der Waals surface area (Å²) >= 11 is 0. The zero-order valence-corrected chi connectivity index (χ0v) is 8.91. The minimum absolute atomic E-state index is 0.0466. The van der Waals surface area contributed by atoms with Gasteiger partial charge in [0.15, 0.2) is 0 Å². The highest BCUT2D eigenvalue weighted by atomic mass is 16.3. The van der Waals surface area contributed by atoms with Crippen LogP contribution in [0.2, 0.25) is 0 Å². The smallest absolute Gasteiger partial charge is 0.254 e. The van der Waals surface area contributed by atoms with Gasteiger partial charge in [-0.3, -0.25) is 4.79 Å². The van der Waals surface area contributed by atoms with E-state index >= 15 is 0 Å². The summed E-state index contributed by atoms with van der Waals surface area (Å²) in [5, 5.41) is 18.2. The molecule has 16 heavy (non-hydrogen) atoms. The zero-order chi connectivity index (χ0) is 11.5. The maximum Gasteiger partial charge on any atom is 0.254 e. The number of aliphatic hydroxyl groups is 2. The summed E-state index contributed by atoms with van der Waals surface area (Å²) in [4.78, 5) is 13.6. The van der Waals surface area contributed by atoms with Crippen molar-refractivity contribution in [3.63, 3.8) is 0 Å². The number of hydrogen-bond donors (Lipinski definition) is 2. The van der Waals surface area contributed by atoms with E-state index in [9.17, 15) is 4.79 Å². The molecule has 1 amide bonds. The van der Waals surface area contributed by atoms with Gasteiger partial charge in [0.2, 0.25) is 0 Å². The lowest BCUT2D eigenvalue weighted by Gasteiger charge is -2.47. The Hall–Kier alpha value is -1.39. The Morgan fingerprint density at radius 3 is 2.25 bits per heavy atom. The van der Waals surface area contributed by atoms with Gasteiger partial charge in [0, 0.05) is 5.56 Å². The van der Waals surface area contributed by atoms with Crippen LogP contribution in [0, 0.1) is 0 Å². The van der Waals surface area contributed by atoms with Crippen LogP contribution in [0.15, 0.2) is 30.3 Å². The minimum Gasteiger partial charge on any atom is -0.394 e. The van der Waals surface area contributed by atoms with Crippen LogP contribution in [-0.4, -0.2) is 46.3 Å². The minimum atomic E-state index is -0.148. The van der Waals surface area contributed by atoms with E-state index in [1.54, 1.807) is 29.2 Å². The summed E-state index contributed by atoms with van der Waals surface area (Å²) in [6, 6.07) is 8.63. The van der Waals surface area contributed by atoms with Crippen LogP contribution < -0.4 is 0 Å². The largest absolute Gasteiger partial charge is 0.394 e. The normalized spacial score (nSPS) is 24.0. The van der Waals surface area contributed by atoms with E-state index in [2.05, 4.69) is 0 Å². The van der Waals surface area contributed by atoms with Gasteiger partial charge in [0.1, 0.15) is 0 Å². The van der Waals surface area contributed by atoms with Crippen LogP contribution in [0.5, 0.6) is 0 Å². The molecular weight excluding hydrogens is 206 g/mol. The van der Waals surface area contributed by atoms with E-state index < -0.39 is 0 Å². The van der Waals surface area contributed by atoms with Gasteiger partial charge < -0.3 is 15.1 Å². The second kappa shape index (κ2) is 4.63. The Balaban J connectivity index is 2.14. The molecule has 0 spiro atoms. The van der Waals surface area contributed by atoms with Crippen molar-refractivity contribution in [2.75, 3.05) is 13.2 Å². The van der Waals surface area contributed by atoms with E-state index in [0.717, 1.165) is 0 Å². The van der Waals surface area contributed by atoms with Crippen molar-refractivity contribution in [2.24, 2.45) is 0 Å². The standard InChI is InChI=1S/C12H15NO3/c14-7-10-6-11(8-15)13(10)12(16)9-4-2-1-3-5-9/h1-5,10-11,14-15H,6-8H2/t10-,11-/m0/s1. The van der Waals surface area contributed by atoms with Crippen molar-refractivity contribution in [1.82, 2.24) is 4.90 Å². The second-order valence-electron chi connectivity index (χ2n) is 3.99. The molecule has 1 fully saturated rings. The number of nitrogens with zero attached hydrogens (tertiary/aromatic N) is 1. The lowest BCUT2D eigenvalue weighted by molar-refractivity contribution is -0.0244. The van der Waals surface area contributed by atoms with Gasteiger partial charge in [-0.25, -0.2) is 0 Å². The van der Waals surface area contributed by atoms with Crippen molar-refractivity contribution in [3.05, 3.63) is 35.9 Å². The first kappa shape index (κ1) is 11.1. The molecule has 0 unspecified atom stereocenters. The fourth-order valence-electron chi connectivity index (χ4n) is 2.09. The summed E-state index contributed by atoms with van der Waals surface area (Å²) in [5.41, 5.74) is 0.596. The third-order valence-electron chi connectivity index (χ3n) is 3.01. The average Bonchev–Trinajstić information content (AvgIpc) is 2.30. The van der Waals surface area contributed by atoms with Crippen LogP contribution in [0.3, 0.4) is 0 Å². The molecule has 2 rings (SSSR count). The first-order valence-corrected chi connectivity index (χ1v) is 5.37. The molecule has 4 heteroatoms. The predicted octanol–water partition coefficient (Wildman–Crippen LogP) is 0.254. The quantitative estimate of drug-likeness (QED) is 0.769. The molecule has 1 aliphatic rings. The molecular formula is C12H15NO3. The van der Waals surface area contributed by atoms with Gasteiger partial charge in [-0.2, -0.15) is 0 Å². The van der Waals surface area contributed by atoms with Crippen molar-refractivity contribution < 1.29 is 15.0 Å². The highest BCUT2D eigenvalue weighted by Crippen LogP contribution is 2.27. The monoisotopic (exact) mass is 221 g/mol. The van der Waals surface area contributed by atoms with Crippen molar-refractivity contribution >= 4 is 5.91 Å². The van der Waals surface area contributed by atoms with E-state index in [1.807, 2.05) is 6.07 Å². The molecule has 1 heterocycles. The fourth-order valence-corrected chi connectivity index (χ4v) is 2.09. The predicted molar refractivity (Wildman–Crippen MR) is 59.0 cm³/mol. The number of hydrogen-bond acceptors (Lipinski definition) is 3. The summed E-state index contributed by atoms with van der Waals surface area (Å²) in [5.74, 6) is -0.120. The molecule has 0 bridgehead atoms. The lowest BCUT2D eigenvalue weighted by Crippen LogP contribution is -2.61. The highest BCUT2D eigenvalue weighted by molar-refractivity contribution is 5.95. The Morgan fingerprint density at radius 1 is 1.19 bits per heavy atom. The first-order valence-electron chi connectivity index (χ1n) is 5.37. The van der Waals surface area contributed by atoms with Crippen molar-refractivity contribution in [1.29, 1.82) is 0 Å². The van der Waals surface area contributed by atoms with E-state index in [1.165, 1.54) is 0 Å². The van der Waals surface area contributed by atoms with Crippen molar-refractivity contribution in [3.8, 4) is 0 Å². The molecule has 0 aromatic heterocycles. The molecule has 0 radical (unpaired) electrons. The summed E-state index contributed by atoms with van der Waals surface area (Å²) < 4.78 is 0. The van der Waals surface area contributed by atoms with Gasteiger partial charge in [0.05, 0.1) is 25.3 Å². The number of amides is 1. The van der Waals surface area contributed by atoms with Gasteiger partial charge in [-0.1, -0.05) is 18.2 Å². The van der Waals surface area contributed by atoms with Gasteiger partial charge in [-0.05, 0) is 18.6 Å². The Labute approximate surface area is 94.1 Å². The Bertz CT molecular complexity index is 356. The molecule has 4 nitrogen and oxygen atoms in total. The lowest BCUT2D eigenvalue weighted by atomic mass is 9.92. The first-order chi connectivity index (χ1) is 7.77. The number of rotatable bonds is 3. The maximum atomic E-state index is 12.1. The van der Waals surface area contributed by atoms with Gasteiger partial charge in [0.25, 0.3) is 5.91 Å². The Kier molecular flexibility index (Phi) is 3.22. The highest BCUT2D eigenvalue weighted by Gasteiger charge is 2.40. The molecule has 1 aromatic rings. The van der Waals surface area contributed by atoms with E-state index in [0.29, 0.717) is 12.0 Å². The second-order valence-corrected chi connectivity index (χ2v) is 3.99. The number of aliphatic hydroxyl groups excluding tert-OH is 2. The summed E-state index contributed by atoms with van der Waals surface area (Å²) in [6.07, 6.45) is 0.672. The van der Waals surface area contributed by atoms with Gasteiger partial charge in [-0.15, -0.1) is 0 Å². The number of carbonyl (C=O) groups excluding carboxylic acids is 1. The fraction of sp³-hybridized carbons (Fsp3) is 0.417. The average molecular weight is 221 g/mol. The van der Waals surface area contributed by atoms with Crippen LogP contribution in [-0.2, 0) is 0 Å². The molecule has 1 aliphatic heterocycles. The number of carbonyl (C=O) groups is 1.